The Morgan fingerprint density at radius 1 is 0.967 bits per heavy atom. The molecule has 0 saturated carbocycles. The number of amides is 2. The summed E-state index contributed by atoms with van der Waals surface area (Å²) in [5.74, 6) is -0.858. The van der Waals surface area contributed by atoms with Crippen LogP contribution in [0.4, 0.5) is 4.39 Å². The second kappa shape index (κ2) is 10.3. The van der Waals surface area contributed by atoms with E-state index in [1.807, 2.05) is 36.9 Å². The average Bonchev–Trinajstić information content (AvgIpc) is 2.98. The van der Waals surface area contributed by atoms with Gasteiger partial charge in [0.25, 0.3) is 5.91 Å². The van der Waals surface area contributed by atoms with E-state index in [-0.39, 0.29) is 17.7 Å². The Balaban J connectivity index is 1.60. The standard InChI is InChI=1S/C24H30FN3O2/c1-18(2)22(26-23(29)20-9-11-21(25)12-10-20)24(30)28-14-6-13-27(15-16-28)17-19-7-4-3-5-8-19/h3-5,7-12,18,22H,6,13-17H2,1-2H3,(H,26,29). The maximum atomic E-state index is 13.2. The van der Waals surface area contributed by atoms with Gasteiger partial charge in [-0.3, -0.25) is 14.5 Å². The molecule has 3 rings (SSSR count). The van der Waals surface area contributed by atoms with Gasteiger partial charge in [-0.2, -0.15) is 0 Å². The highest BCUT2D eigenvalue weighted by Crippen LogP contribution is 2.13. The van der Waals surface area contributed by atoms with E-state index in [1.165, 1.54) is 29.8 Å². The fourth-order valence-corrected chi connectivity index (χ4v) is 3.73. The molecule has 5 nitrogen and oxygen atoms in total. The molecule has 1 unspecified atom stereocenters. The lowest BCUT2D eigenvalue weighted by molar-refractivity contribution is -0.134. The molecule has 2 aromatic carbocycles. The van der Waals surface area contributed by atoms with E-state index in [9.17, 15) is 14.0 Å². The van der Waals surface area contributed by atoms with Gasteiger partial charge in [0, 0.05) is 38.3 Å². The monoisotopic (exact) mass is 411 g/mol. The molecule has 0 radical (unpaired) electrons. The van der Waals surface area contributed by atoms with Crippen molar-refractivity contribution >= 4 is 11.8 Å². The van der Waals surface area contributed by atoms with Gasteiger partial charge < -0.3 is 10.2 Å². The molecule has 0 aliphatic carbocycles. The van der Waals surface area contributed by atoms with Crippen molar-refractivity contribution in [3.05, 3.63) is 71.5 Å². The minimum atomic E-state index is -0.608. The van der Waals surface area contributed by atoms with Crippen LogP contribution >= 0.6 is 0 Å². The van der Waals surface area contributed by atoms with Crippen LogP contribution in [0.5, 0.6) is 0 Å². The molecule has 30 heavy (non-hydrogen) atoms. The average molecular weight is 412 g/mol. The summed E-state index contributed by atoms with van der Waals surface area (Å²) in [5, 5.41) is 2.85. The normalized spacial score (nSPS) is 16.2. The molecule has 1 aliphatic heterocycles. The lowest BCUT2D eigenvalue weighted by Crippen LogP contribution is -2.52. The van der Waals surface area contributed by atoms with Crippen LogP contribution in [0.1, 0.15) is 36.2 Å². The second-order valence-corrected chi connectivity index (χ2v) is 8.14. The van der Waals surface area contributed by atoms with Crippen molar-refractivity contribution in [3.63, 3.8) is 0 Å². The zero-order chi connectivity index (χ0) is 21.5. The summed E-state index contributed by atoms with van der Waals surface area (Å²) in [5.41, 5.74) is 1.61. The number of carbonyl (C=O) groups excluding carboxylic acids is 2. The minimum absolute atomic E-state index is 0.0504. The highest BCUT2D eigenvalue weighted by Gasteiger charge is 2.30. The quantitative estimate of drug-likeness (QED) is 0.794. The largest absolute Gasteiger partial charge is 0.340 e. The fourth-order valence-electron chi connectivity index (χ4n) is 3.73. The predicted octanol–water partition coefficient (Wildman–Crippen LogP) is 3.31. The highest BCUT2D eigenvalue weighted by molar-refractivity contribution is 5.97. The molecule has 1 N–H and O–H groups in total. The van der Waals surface area contributed by atoms with Crippen molar-refractivity contribution in [1.82, 2.24) is 15.1 Å². The fraction of sp³-hybridized carbons (Fsp3) is 0.417. The van der Waals surface area contributed by atoms with Crippen molar-refractivity contribution in [2.45, 2.75) is 32.9 Å². The Kier molecular flexibility index (Phi) is 7.57. The molecule has 0 bridgehead atoms. The third-order valence-corrected chi connectivity index (χ3v) is 5.47. The molecular formula is C24H30FN3O2. The summed E-state index contributed by atoms with van der Waals surface area (Å²) < 4.78 is 13.1. The van der Waals surface area contributed by atoms with Crippen molar-refractivity contribution in [2.75, 3.05) is 26.2 Å². The van der Waals surface area contributed by atoms with Crippen LogP contribution < -0.4 is 5.32 Å². The molecule has 160 valence electrons. The van der Waals surface area contributed by atoms with Crippen molar-refractivity contribution in [1.29, 1.82) is 0 Å². The summed E-state index contributed by atoms with van der Waals surface area (Å²) in [6, 6.07) is 15.1. The first-order chi connectivity index (χ1) is 14.4. The van der Waals surface area contributed by atoms with E-state index >= 15 is 0 Å². The number of halogens is 1. The first-order valence-corrected chi connectivity index (χ1v) is 10.6. The molecule has 0 aromatic heterocycles. The van der Waals surface area contributed by atoms with Gasteiger partial charge in [0.15, 0.2) is 0 Å². The zero-order valence-electron chi connectivity index (χ0n) is 17.7. The van der Waals surface area contributed by atoms with E-state index in [0.717, 1.165) is 26.1 Å². The van der Waals surface area contributed by atoms with Gasteiger partial charge in [0.05, 0.1) is 0 Å². The molecule has 2 aromatic rings. The Morgan fingerprint density at radius 3 is 2.33 bits per heavy atom. The number of hydrogen-bond acceptors (Lipinski definition) is 3. The molecule has 1 saturated heterocycles. The number of nitrogens with one attached hydrogen (secondary N) is 1. The molecule has 2 amide bonds. The smallest absolute Gasteiger partial charge is 0.251 e. The predicted molar refractivity (Wildman–Crippen MR) is 115 cm³/mol. The Bertz CT molecular complexity index is 839. The Labute approximate surface area is 177 Å². The summed E-state index contributed by atoms with van der Waals surface area (Å²) >= 11 is 0. The van der Waals surface area contributed by atoms with Crippen LogP contribution in [0.25, 0.3) is 0 Å². The van der Waals surface area contributed by atoms with Gasteiger partial charge in [0.1, 0.15) is 11.9 Å². The van der Waals surface area contributed by atoms with Gasteiger partial charge in [-0.15, -0.1) is 0 Å². The summed E-state index contributed by atoms with van der Waals surface area (Å²) in [6.45, 7) is 7.78. The molecular weight excluding hydrogens is 381 g/mol. The van der Waals surface area contributed by atoms with E-state index in [4.69, 9.17) is 0 Å². The topological polar surface area (TPSA) is 52.7 Å². The first-order valence-electron chi connectivity index (χ1n) is 10.6. The van der Waals surface area contributed by atoms with Crippen LogP contribution in [0.2, 0.25) is 0 Å². The Morgan fingerprint density at radius 2 is 1.67 bits per heavy atom. The molecule has 1 heterocycles. The van der Waals surface area contributed by atoms with Crippen LogP contribution in [0, 0.1) is 11.7 Å². The number of hydrogen-bond donors (Lipinski definition) is 1. The SMILES string of the molecule is CC(C)C(NC(=O)c1ccc(F)cc1)C(=O)N1CCCN(Cc2ccccc2)CC1. The molecule has 1 fully saturated rings. The van der Waals surface area contributed by atoms with E-state index < -0.39 is 11.9 Å². The van der Waals surface area contributed by atoms with Gasteiger partial charge in [-0.05, 0) is 42.2 Å². The van der Waals surface area contributed by atoms with Gasteiger partial charge in [-0.25, -0.2) is 4.39 Å². The molecule has 1 atom stereocenters. The van der Waals surface area contributed by atoms with E-state index in [0.29, 0.717) is 18.7 Å². The van der Waals surface area contributed by atoms with Crippen LogP contribution in [0.15, 0.2) is 54.6 Å². The highest BCUT2D eigenvalue weighted by atomic mass is 19.1. The second-order valence-electron chi connectivity index (χ2n) is 8.14. The molecule has 6 heteroatoms. The summed E-state index contributed by atoms with van der Waals surface area (Å²) in [4.78, 5) is 30.0. The van der Waals surface area contributed by atoms with Gasteiger partial charge in [-0.1, -0.05) is 44.2 Å². The minimum Gasteiger partial charge on any atom is -0.340 e. The van der Waals surface area contributed by atoms with Crippen LogP contribution in [-0.2, 0) is 11.3 Å². The number of benzene rings is 2. The lowest BCUT2D eigenvalue weighted by atomic mass is 10.0. The third-order valence-electron chi connectivity index (χ3n) is 5.47. The number of nitrogens with zero attached hydrogens (tertiary/aromatic N) is 2. The molecule has 1 aliphatic rings. The number of rotatable bonds is 6. The summed E-state index contributed by atoms with van der Waals surface area (Å²) in [6.07, 6.45) is 0.898. The lowest BCUT2D eigenvalue weighted by Gasteiger charge is -2.29. The van der Waals surface area contributed by atoms with Gasteiger partial charge in [0.2, 0.25) is 5.91 Å². The number of carbonyl (C=O) groups is 2. The van der Waals surface area contributed by atoms with Crippen molar-refractivity contribution < 1.29 is 14.0 Å². The Hall–Kier alpha value is -2.73. The first kappa shape index (κ1) is 22.0. The van der Waals surface area contributed by atoms with Crippen molar-refractivity contribution in [3.8, 4) is 0 Å². The molecule has 0 spiro atoms. The van der Waals surface area contributed by atoms with E-state index in [2.05, 4.69) is 22.3 Å². The van der Waals surface area contributed by atoms with Crippen LogP contribution in [0.3, 0.4) is 0 Å². The maximum absolute atomic E-state index is 13.2. The van der Waals surface area contributed by atoms with Gasteiger partial charge >= 0.3 is 0 Å². The van der Waals surface area contributed by atoms with E-state index in [1.54, 1.807) is 0 Å². The third kappa shape index (κ3) is 5.89. The maximum Gasteiger partial charge on any atom is 0.251 e. The summed E-state index contributed by atoms with van der Waals surface area (Å²) in [7, 11) is 0. The van der Waals surface area contributed by atoms with Crippen LogP contribution in [-0.4, -0.2) is 53.8 Å². The zero-order valence-corrected chi connectivity index (χ0v) is 17.7. The van der Waals surface area contributed by atoms with Crippen molar-refractivity contribution in [2.24, 2.45) is 5.92 Å².